The fourth-order valence-corrected chi connectivity index (χ4v) is 5.30. The molecule has 15 heteroatoms. The number of anilines is 1. The van der Waals surface area contributed by atoms with Crippen LogP contribution in [0.25, 0.3) is 0 Å². The molecular weight excluding hydrogens is 542 g/mol. The number of carbonyl (C=O) groups is 4. The van der Waals surface area contributed by atoms with Crippen LogP contribution in [0.3, 0.4) is 0 Å². The van der Waals surface area contributed by atoms with Gasteiger partial charge >= 0.3 is 11.9 Å². The summed E-state index contributed by atoms with van der Waals surface area (Å²) in [7, 11) is 0. The lowest BCUT2D eigenvalue weighted by molar-refractivity contribution is -0.689. The molecule has 2 aliphatic rings. The quantitative estimate of drug-likeness (QED) is 0.119. The summed E-state index contributed by atoms with van der Waals surface area (Å²) in [5.41, 5.74) is 5.00. The number of oxime groups is 1. The Morgan fingerprint density at radius 2 is 2.00 bits per heavy atom. The number of fused-ring (bicyclic) bond motifs is 1. The first-order chi connectivity index (χ1) is 18.9. The fraction of sp³-hybridized carbons (Fsp3) is 0.360. The van der Waals surface area contributed by atoms with Crippen molar-refractivity contribution in [1.29, 1.82) is 0 Å². The van der Waals surface area contributed by atoms with E-state index in [-0.39, 0.29) is 17.3 Å². The maximum atomic E-state index is 13.2. The Balaban J connectivity index is 1.51. The minimum Gasteiger partial charge on any atom is -0.477 e. The molecule has 2 aromatic heterocycles. The number of aromatic nitrogens is 3. The van der Waals surface area contributed by atoms with Crippen molar-refractivity contribution in [1.82, 2.24) is 20.2 Å². The Labute approximate surface area is 233 Å². The van der Waals surface area contributed by atoms with Crippen molar-refractivity contribution in [2.75, 3.05) is 18.1 Å². The first-order valence-electron chi connectivity index (χ1n) is 12.1. The van der Waals surface area contributed by atoms with Gasteiger partial charge in [-0.15, -0.1) is 11.8 Å². The number of thioether (sulfide) groups is 1. The third-order valence-electron chi connectivity index (χ3n) is 5.55. The van der Waals surface area contributed by atoms with Crippen molar-refractivity contribution in [3.8, 4) is 0 Å². The number of pyridine rings is 1. The minimum atomic E-state index is -1.24. The van der Waals surface area contributed by atoms with Crippen LogP contribution in [0.15, 0.2) is 59.3 Å². The number of ether oxygens (including phenoxy) is 1. The molecular formula is C25H28N7O7S+. The summed E-state index contributed by atoms with van der Waals surface area (Å²) in [6.45, 7) is 4.75. The zero-order valence-electron chi connectivity index (χ0n) is 21.9. The molecule has 1 saturated heterocycles. The van der Waals surface area contributed by atoms with Gasteiger partial charge in [0.25, 0.3) is 11.8 Å². The Hall–Kier alpha value is -4.53. The van der Waals surface area contributed by atoms with Crippen molar-refractivity contribution in [2.45, 2.75) is 44.3 Å². The number of hydrogen-bond donors (Lipinski definition) is 3. The molecule has 0 spiro atoms. The number of hydrogen-bond acceptors (Lipinski definition) is 11. The molecule has 0 radical (unpaired) electrons. The molecule has 2 amide bonds. The number of esters is 1. The van der Waals surface area contributed by atoms with Crippen LogP contribution in [0.5, 0.6) is 0 Å². The lowest BCUT2D eigenvalue weighted by Crippen LogP contribution is -2.71. The van der Waals surface area contributed by atoms with Gasteiger partial charge in [-0.1, -0.05) is 11.2 Å². The standard InChI is InChI=1S/C25H27N7O7S/c1-25(2,3)39-16(33)12-38-30-17(20-27-8-7-15(26)28-20)21(34)29-18-22(35)32-19(24(36)37)14(13-40-23(18)32)11-31-9-5-4-6-10-31/h4-10,18,23H,11-13H2,1-3H3,(H3-,26,27,28,29,34,36,37)/p+1/t18?,23-/m0/s1. The maximum absolute atomic E-state index is 13.2. The molecule has 0 bridgehead atoms. The number of carbonyl (C=O) groups excluding carboxylic acids is 3. The largest absolute Gasteiger partial charge is 0.477 e. The number of nitrogen functional groups attached to an aromatic ring is 1. The molecule has 2 aromatic rings. The third kappa shape index (κ3) is 6.54. The van der Waals surface area contributed by atoms with Gasteiger partial charge in [-0.2, -0.15) is 0 Å². The number of nitrogens with two attached hydrogens (primary N) is 1. The number of nitrogens with zero attached hydrogens (tertiary/aromatic N) is 5. The van der Waals surface area contributed by atoms with Crippen molar-refractivity contribution in [2.24, 2.45) is 5.16 Å². The Morgan fingerprint density at radius 1 is 1.27 bits per heavy atom. The van der Waals surface area contributed by atoms with Crippen molar-refractivity contribution >= 4 is 47.0 Å². The van der Waals surface area contributed by atoms with Crippen LogP contribution in [-0.4, -0.2) is 78.8 Å². The van der Waals surface area contributed by atoms with E-state index in [1.54, 1.807) is 33.2 Å². The Morgan fingerprint density at radius 3 is 2.65 bits per heavy atom. The predicted molar refractivity (Wildman–Crippen MR) is 141 cm³/mol. The average Bonchev–Trinajstić information content (AvgIpc) is 2.88. The molecule has 2 aliphatic heterocycles. The van der Waals surface area contributed by atoms with Gasteiger partial charge in [0.2, 0.25) is 12.3 Å². The lowest BCUT2D eigenvalue weighted by Gasteiger charge is -2.49. The molecule has 0 saturated carbocycles. The number of carboxylic acid groups (broad SMARTS) is 1. The van der Waals surface area contributed by atoms with Gasteiger partial charge in [-0.3, -0.25) is 14.5 Å². The topological polar surface area (TPSA) is 190 Å². The molecule has 40 heavy (non-hydrogen) atoms. The van der Waals surface area contributed by atoms with E-state index < -0.39 is 53.1 Å². The Bertz CT molecular complexity index is 1390. The molecule has 14 nitrogen and oxygen atoms in total. The monoisotopic (exact) mass is 570 g/mol. The van der Waals surface area contributed by atoms with Crippen LogP contribution >= 0.6 is 11.8 Å². The number of nitrogens with one attached hydrogen (secondary N) is 1. The number of rotatable bonds is 9. The molecule has 4 N–H and O–H groups in total. The zero-order chi connectivity index (χ0) is 29.0. The highest BCUT2D eigenvalue weighted by Gasteiger charge is 2.54. The van der Waals surface area contributed by atoms with Crippen LogP contribution in [-0.2, 0) is 35.3 Å². The zero-order valence-corrected chi connectivity index (χ0v) is 22.8. The van der Waals surface area contributed by atoms with Crippen molar-refractivity contribution in [3.05, 3.63) is 60.0 Å². The number of aliphatic carboxylic acids is 1. The summed E-state index contributed by atoms with van der Waals surface area (Å²) in [6, 6.07) is 5.84. The van der Waals surface area contributed by atoms with Gasteiger partial charge < -0.3 is 25.7 Å². The minimum absolute atomic E-state index is 0.0476. The fourth-order valence-electron chi connectivity index (χ4n) is 3.97. The highest BCUT2D eigenvalue weighted by Crippen LogP contribution is 2.40. The van der Waals surface area contributed by atoms with Gasteiger partial charge in [0, 0.05) is 29.7 Å². The van der Waals surface area contributed by atoms with E-state index in [0.717, 1.165) is 0 Å². The second-order valence-corrected chi connectivity index (χ2v) is 10.9. The average molecular weight is 571 g/mol. The van der Waals surface area contributed by atoms with Crippen molar-refractivity contribution < 1.29 is 38.4 Å². The highest BCUT2D eigenvalue weighted by atomic mass is 32.2. The molecule has 1 fully saturated rings. The van der Waals surface area contributed by atoms with E-state index in [1.807, 2.05) is 22.8 Å². The molecule has 0 aliphatic carbocycles. The first kappa shape index (κ1) is 28.5. The highest BCUT2D eigenvalue weighted by molar-refractivity contribution is 8.00. The molecule has 210 valence electrons. The van der Waals surface area contributed by atoms with E-state index in [0.29, 0.717) is 17.9 Å². The second kappa shape index (κ2) is 11.7. The van der Waals surface area contributed by atoms with Gasteiger partial charge in [0.15, 0.2) is 24.8 Å². The van der Waals surface area contributed by atoms with E-state index in [2.05, 4.69) is 20.4 Å². The van der Waals surface area contributed by atoms with Crippen LogP contribution in [0, 0.1) is 0 Å². The third-order valence-corrected chi connectivity index (χ3v) is 6.89. The van der Waals surface area contributed by atoms with E-state index >= 15 is 0 Å². The molecule has 4 rings (SSSR count). The molecule has 2 atom stereocenters. The smallest absolute Gasteiger partial charge is 0.352 e. The van der Waals surface area contributed by atoms with Crippen LogP contribution in [0.1, 0.15) is 26.6 Å². The lowest BCUT2D eigenvalue weighted by atomic mass is 10.0. The predicted octanol–water partition coefficient (Wildman–Crippen LogP) is -0.152. The van der Waals surface area contributed by atoms with E-state index in [4.69, 9.17) is 15.3 Å². The number of carboxylic acids is 1. The summed E-state index contributed by atoms with van der Waals surface area (Å²) >= 11 is 1.32. The van der Waals surface area contributed by atoms with Crippen LogP contribution in [0.2, 0.25) is 0 Å². The summed E-state index contributed by atoms with van der Waals surface area (Å²) in [6.07, 6.45) is 4.90. The first-order valence-corrected chi connectivity index (χ1v) is 13.1. The van der Waals surface area contributed by atoms with Crippen molar-refractivity contribution in [3.63, 3.8) is 0 Å². The van der Waals surface area contributed by atoms with Gasteiger partial charge in [0.05, 0.1) is 0 Å². The van der Waals surface area contributed by atoms with Gasteiger partial charge in [-0.25, -0.2) is 24.1 Å². The summed E-state index contributed by atoms with van der Waals surface area (Å²) in [4.78, 5) is 64.7. The molecule has 4 heterocycles. The van der Waals surface area contributed by atoms with E-state index in [1.165, 1.54) is 28.9 Å². The summed E-state index contributed by atoms with van der Waals surface area (Å²) in [5, 5.41) is 15.6. The number of β-lactam (4-membered cyclic amide) rings is 1. The van der Waals surface area contributed by atoms with Gasteiger partial charge in [0.1, 0.15) is 28.5 Å². The number of amides is 2. The van der Waals surface area contributed by atoms with E-state index in [9.17, 15) is 24.3 Å². The van der Waals surface area contributed by atoms with Crippen LogP contribution < -0.4 is 15.6 Å². The normalized spacial score (nSPS) is 18.9. The second-order valence-electron chi connectivity index (χ2n) is 9.77. The summed E-state index contributed by atoms with van der Waals surface area (Å²) in [5.74, 6) is -3.24. The van der Waals surface area contributed by atoms with Gasteiger partial charge in [-0.05, 0) is 26.8 Å². The Kier molecular flexibility index (Phi) is 8.32. The maximum Gasteiger partial charge on any atom is 0.352 e. The van der Waals surface area contributed by atoms with Crippen LogP contribution in [0.4, 0.5) is 5.82 Å². The molecule has 1 unspecified atom stereocenters. The molecule has 0 aromatic carbocycles. The summed E-state index contributed by atoms with van der Waals surface area (Å²) < 4.78 is 6.97. The SMILES string of the molecule is CC(C)(C)OC(=O)CON=C(C(=O)NC1C(=O)N2C(C(=O)O)=C(C[n+]3ccccc3)CS[C@@H]12)c1nccc(N)n1.